The van der Waals surface area contributed by atoms with Crippen molar-refractivity contribution in [1.29, 1.82) is 5.26 Å². The zero-order valence-corrected chi connectivity index (χ0v) is 18.0. The normalized spacial score (nSPS) is 11.1. The van der Waals surface area contributed by atoms with Crippen LogP contribution in [0.15, 0.2) is 109 Å². The van der Waals surface area contributed by atoms with Crippen LogP contribution in [0.2, 0.25) is 0 Å². The van der Waals surface area contributed by atoms with Crippen LogP contribution in [-0.2, 0) is 11.2 Å². The molecule has 3 rings (SSSR count). The molecule has 1 amide bonds. The Bertz CT molecular complexity index is 1180. The molecule has 0 spiro atoms. The van der Waals surface area contributed by atoms with Gasteiger partial charge in [-0.05, 0) is 48.7 Å². The summed E-state index contributed by atoms with van der Waals surface area (Å²) in [5.74, 6) is -0.173. The van der Waals surface area contributed by atoms with Crippen LogP contribution in [0.5, 0.6) is 0 Å². The predicted octanol–water partition coefficient (Wildman–Crippen LogP) is 6.46. The van der Waals surface area contributed by atoms with Gasteiger partial charge in [0.15, 0.2) is 0 Å². The number of benzene rings is 3. The first-order chi connectivity index (χ1) is 15.6. The number of nitriles is 1. The summed E-state index contributed by atoms with van der Waals surface area (Å²) >= 11 is 0. The van der Waals surface area contributed by atoms with E-state index in [0.717, 1.165) is 28.1 Å². The van der Waals surface area contributed by atoms with Gasteiger partial charge in [-0.3, -0.25) is 4.79 Å². The van der Waals surface area contributed by atoms with Gasteiger partial charge in [0.1, 0.15) is 0 Å². The maximum absolute atomic E-state index is 12.6. The summed E-state index contributed by atoms with van der Waals surface area (Å²) in [6, 6.07) is 25.1. The number of hydrogen-bond donors (Lipinski definition) is 2. The van der Waals surface area contributed by atoms with Crippen molar-refractivity contribution in [2.45, 2.75) is 13.3 Å². The summed E-state index contributed by atoms with van der Waals surface area (Å²) in [6.45, 7) is 5.50. The summed E-state index contributed by atoms with van der Waals surface area (Å²) in [7, 11) is 0. The number of carbonyl (C=O) groups excluding carboxylic acids is 1. The van der Waals surface area contributed by atoms with Gasteiger partial charge in [0.2, 0.25) is 0 Å². The van der Waals surface area contributed by atoms with Crippen molar-refractivity contribution in [3.63, 3.8) is 0 Å². The fraction of sp³-hybridized carbons (Fsp3) is 0.0714. The van der Waals surface area contributed by atoms with Gasteiger partial charge in [0, 0.05) is 28.7 Å². The minimum atomic E-state index is -0.173. The van der Waals surface area contributed by atoms with E-state index < -0.39 is 0 Å². The number of nitrogens with zero attached hydrogens (tertiary/aromatic N) is 1. The smallest absolute Gasteiger partial charge is 0.252 e. The van der Waals surface area contributed by atoms with Crippen molar-refractivity contribution < 1.29 is 4.79 Å². The largest absolute Gasteiger partial charge is 0.360 e. The highest BCUT2D eigenvalue weighted by Gasteiger charge is 2.11. The van der Waals surface area contributed by atoms with Crippen LogP contribution in [0.1, 0.15) is 18.1 Å². The maximum atomic E-state index is 12.6. The third-order valence-electron chi connectivity index (χ3n) is 4.91. The second-order valence-corrected chi connectivity index (χ2v) is 7.19. The highest BCUT2D eigenvalue weighted by atomic mass is 16.1. The fourth-order valence-electron chi connectivity index (χ4n) is 3.19. The SMILES string of the molecule is C=C/C=C\Cc1cccc(-c2ccc(C#N)cc2)c1N/C=C(/C)C(=O)Nc1ccccc1. The predicted molar refractivity (Wildman–Crippen MR) is 132 cm³/mol. The van der Waals surface area contributed by atoms with E-state index in [2.05, 4.69) is 29.3 Å². The van der Waals surface area contributed by atoms with Gasteiger partial charge in [0.05, 0.1) is 11.6 Å². The van der Waals surface area contributed by atoms with Gasteiger partial charge >= 0.3 is 0 Å². The van der Waals surface area contributed by atoms with E-state index in [1.165, 1.54) is 0 Å². The zero-order valence-electron chi connectivity index (χ0n) is 18.0. The Kier molecular flexibility index (Phi) is 7.78. The van der Waals surface area contributed by atoms with Gasteiger partial charge in [-0.2, -0.15) is 5.26 Å². The highest BCUT2D eigenvalue weighted by molar-refractivity contribution is 6.03. The molecule has 0 radical (unpaired) electrons. The van der Waals surface area contributed by atoms with Gasteiger partial charge in [0.25, 0.3) is 5.91 Å². The van der Waals surface area contributed by atoms with E-state index in [-0.39, 0.29) is 5.91 Å². The highest BCUT2D eigenvalue weighted by Crippen LogP contribution is 2.32. The number of rotatable bonds is 8. The Morgan fingerprint density at radius 2 is 1.78 bits per heavy atom. The molecule has 2 N–H and O–H groups in total. The minimum absolute atomic E-state index is 0.173. The molecule has 4 heteroatoms. The average Bonchev–Trinajstić information content (AvgIpc) is 2.83. The number of hydrogen-bond acceptors (Lipinski definition) is 3. The van der Waals surface area contributed by atoms with Gasteiger partial charge in [-0.25, -0.2) is 0 Å². The Balaban J connectivity index is 1.91. The lowest BCUT2D eigenvalue weighted by Crippen LogP contribution is -2.13. The summed E-state index contributed by atoms with van der Waals surface area (Å²) in [4.78, 5) is 12.6. The number of anilines is 2. The van der Waals surface area contributed by atoms with E-state index >= 15 is 0 Å². The van der Waals surface area contributed by atoms with E-state index in [4.69, 9.17) is 5.26 Å². The lowest BCUT2D eigenvalue weighted by atomic mass is 9.97. The minimum Gasteiger partial charge on any atom is -0.360 e. The van der Waals surface area contributed by atoms with Gasteiger partial charge < -0.3 is 10.6 Å². The van der Waals surface area contributed by atoms with E-state index in [0.29, 0.717) is 17.6 Å². The molecule has 32 heavy (non-hydrogen) atoms. The van der Waals surface area contributed by atoms with Crippen LogP contribution in [-0.4, -0.2) is 5.91 Å². The van der Waals surface area contributed by atoms with Crippen LogP contribution >= 0.6 is 0 Å². The molecule has 0 saturated carbocycles. The van der Waals surface area contributed by atoms with Crippen molar-refractivity contribution in [2.75, 3.05) is 10.6 Å². The van der Waals surface area contributed by atoms with E-state index in [1.807, 2.05) is 66.7 Å². The summed E-state index contributed by atoms with van der Waals surface area (Å²) in [6.07, 6.45) is 8.12. The van der Waals surface area contributed by atoms with Gasteiger partial charge in [-0.15, -0.1) is 0 Å². The van der Waals surface area contributed by atoms with Crippen LogP contribution < -0.4 is 10.6 Å². The molecule has 0 saturated heterocycles. The summed E-state index contributed by atoms with van der Waals surface area (Å²) < 4.78 is 0. The Hall–Kier alpha value is -4.36. The lowest BCUT2D eigenvalue weighted by Gasteiger charge is -2.15. The second kappa shape index (κ2) is 11.1. The van der Waals surface area contributed by atoms with Crippen LogP contribution in [0.3, 0.4) is 0 Å². The first-order valence-electron chi connectivity index (χ1n) is 10.3. The third-order valence-corrected chi connectivity index (χ3v) is 4.91. The third kappa shape index (κ3) is 5.84. The number of allylic oxidation sites excluding steroid dienone is 3. The summed E-state index contributed by atoms with van der Waals surface area (Å²) in [5, 5.41) is 15.3. The summed E-state index contributed by atoms with van der Waals surface area (Å²) in [5.41, 5.74) is 5.89. The van der Waals surface area contributed by atoms with Crippen LogP contribution in [0, 0.1) is 11.3 Å². The number of carbonyl (C=O) groups is 1. The van der Waals surface area contributed by atoms with E-state index in [9.17, 15) is 4.79 Å². The standard InChI is InChI=1S/C28H25N3O/c1-3-4-6-10-24-11-9-14-26(23-17-15-22(19-29)16-18-23)27(24)30-20-21(2)28(32)31-25-12-7-5-8-13-25/h3-9,11-18,20,30H,1,10H2,2H3,(H,31,32)/b6-4-,21-20-. The average molecular weight is 420 g/mol. The maximum Gasteiger partial charge on any atom is 0.252 e. The fourth-order valence-corrected chi connectivity index (χ4v) is 3.19. The molecule has 0 fully saturated rings. The number of para-hydroxylation sites is 2. The molecule has 158 valence electrons. The molecule has 0 aliphatic rings. The molecular formula is C28H25N3O. The van der Waals surface area contributed by atoms with Crippen molar-refractivity contribution in [2.24, 2.45) is 0 Å². The molecule has 3 aromatic rings. The topological polar surface area (TPSA) is 64.9 Å². The Labute approximate surface area is 189 Å². The molecular weight excluding hydrogens is 394 g/mol. The van der Waals surface area contributed by atoms with Crippen molar-refractivity contribution in [1.82, 2.24) is 0 Å². The van der Waals surface area contributed by atoms with Gasteiger partial charge in [-0.1, -0.05) is 73.3 Å². The zero-order chi connectivity index (χ0) is 22.8. The second-order valence-electron chi connectivity index (χ2n) is 7.19. The quantitative estimate of drug-likeness (QED) is 0.325. The molecule has 0 heterocycles. The number of amides is 1. The molecule has 0 aliphatic carbocycles. The Morgan fingerprint density at radius 3 is 2.47 bits per heavy atom. The number of nitrogens with one attached hydrogen (secondary N) is 2. The van der Waals surface area contributed by atoms with Crippen LogP contribution in [0.25, 0.3) is 11.1 Å². The monoisotopic (exact) mass is 419 g/mol. The first kappa shape index (κ1) is 22.3. The van der Waals surface area contributed by atoms with Crippen molar-refractivity contribution in [3.8, 4) is 17.2 Å². The molecule has 0 unspecified atom stereocenters. The van der Waals surface area contributed by atoms with E-state index in [1.54, 1.807) is 31.3 Å². The molecule has 0 bridgehead atoms. The molecule has 0 atom stereocenters. The van der Waals surface area contributed by atoms with Crippen LogP contribution in [0.4, 0.5) is 11.4 Å². The molecule has 0 aromatic heterocycles. The Morgan fingerprint density at radius 1 is 1.03 bits per heavy atom. The molecule has 4 nitrogen and oxygen atoms in total. The molecule has 3 aromatic carbocycles. The van der Waals surface area contributed by atoms with Crippen molar-refractivity contribution >= 4 is 17.3 Å². The first-order valence-corrected chi connectivity index (χ1v) is 10.3. The molecule has 0 aliphatic heterocycles. The van der Waals surface area contributed by atoms with Crippen molar-refractivity contribution in [3.05, 3.63) is 121 Å². The lowest BCUT2D eigenvalue weighted by molar-refractivity contribution is -0.112.